The van der Waals surface area contributed by atoms with Gasteiger partial charge in [0.05, 0.1) is 0 Å². The Morgan fingerprint density at radius 1 is 1.47 bits per heavy atom. The van der Waals surface area contributed by atoms with Crippen LogP contribution in [0.4, 0.5) is 5.69 Å². The highest BCUT2D eigenvalue weighted by molar-refractivity contribution is 7.99. The minimum absolute atomic E-state index is 0.296. The molecule has 0 spiro atoms. The first kappa shape index (κ1) is 12.3. The van der Waals surface area contributed by atoms with Crippen molar-refractivity contribution in [1.29, 1.82) is 0 Å². The van der Waals surface area contributed by atoms with E-state index >= 15 is 0 Å². The lowest BCUT2D eigenvalue weighted by Crippen LogP contribution is -2.06. The predicted molar refractivity (Wildman–Crippen MR) is 66.5 cm³/mol. The van der Waals surface area contributed by atoms with Crippen LogP contribution in [0.15, 0.2) is 18.5 Å². The zero-order valence-corrected chi connectivity index (χ0v) is 9.89. The number of nitrogens with one attached hydrogen (secondary N) is 1. The third-order valence-electron chi connectivity index (χ3n) is 2.03. The summed E-state index contributed by atoms with van der Waals surface area (Å²) in [5, 5.41) is 12.0. The monoisotopic (exact) mass is 226 g/mol. The number of nitrogens with zero attached hydrogens (tertiary/aromatic N) is 1. The van der Waals surface area contributed by atoms with Crippen molar-refractivity contribution in [2.75, 3.05) is 30.0 Å². The lowest BCUT2D eigenvalue weighted by molar-refractivity contribution is 0.296. The number of anilines is 1. The van der Waals surface area contributed by atoms with E-state index in [0.717, 1.165) is 30.2 Å². The summed E-state index contributed by atoms with van der Waals surface area (Å²) < 4.78 is 0. The lowest BCUT2D eigenvalue weighted by atomic mass is 10.2. The molecule has 0 aliphatic heterocycles. The molecule has 0 saturated carbocycles. The van der Waals surface area contributed by atoms with E-state index in [1.807, 2.05) is 30.9 Å². The van der Waals surface area contributed by atoms with Crippen LogP contribution in [0.2, 0.25) is 0 Å². The first-order valence-corrected chi connectivity index (χ1v) is 6.33. The molecular weight excluding hydrogens is 208 g/mol. The van der Waals surface area contributed by atoms with Gasteiger partial charge in [0, 0.05) is 37.0 Å². The molecule has 15 heavy (non-hydrogen) atoms. The molecule has 3 nitrogen and oxygen atoms in total. The van der Waals surface area contributed by atoms with Crippen molar-refractivity contribution < 1.29 is 5.11 Å². The van der Waals surface area contributed by atoms with Crippen molar-refractivity contribution in [1.82, 2.24) is 4.98 Å². The highest BCUT2D eigenvalue weighted by Gasteiger charge is 1.95. The number of rotatable bonds is 7. The highest BCUT2D eigenvalue weighted by atomic mass is 32.2. The number of pyridine rings is 1. The first-order valence-electron chi connectivity index (χ1n) is 5.17. The fourth-order valence-electron chi connectivity index (χ4n) is 1.20. The predicted octanol–water partition coefficient (Wildman–Crippen LogP) is 1.92. The molecule has 0 aromatic carbocycles. The van der Waals surface area contributed by atoms with Gasteiger partial charge in [0.1, 0.15) is 0 Å². The summed E-state index contributed by atoms with van der Waals surface area (Å²) in [6.07, 6.45) is 4.55. The second-order valence-corrected chi connectivity index (χ2v) is 4.53. The van der Waals surface area contributed by atoms with Gasteiger partial charge in [0.2, 0.25) is 0 Å². The van der Waals surface area contributed by atoms with Crippen molar-refractivity contribution in [3.05, 3.63) is 24.0 Å². The van der Waals surface area contributed by atoms with Crippen LogP contribution in [0.25, 0.3) is 0 Å². The van der Waals surface area contributed by atoms with Crippen molar-refractivity contribution in [3.63, 3.8) is 0 Å². The van der Waals surface area contributed by atoms with E-state index < -0.39 is 0 Å². The summed E-state index contributed by atoms with van der Waals surface area (Å²) in [5.41, 5.74) is 2.34. The number of aromatic nitrogens is 1. The summed E-state index contributed by atoms with van der Waals surface area (Å²) in [5.74, 6) is 2.11. The van der Waals surface area contributed by atoms with Gasteiger partial charge in [-0.05, 0) is 30.7 Å². The molecule has 0 unspecified atom stereocenters. The van der Waals surface area contributed by atoms with Crippen LogP contribution in [0.1, 0.15) is 12.0 Å². The van der Waals surface area contributed by atoms with Gasteiger partial charge in [-0.15, -0.1) is 0 Å². The zero-order chi connectivity index (χ0) is 10.9. The molecule has 0 amide bonds. The van der Waals surface area contributed by atoms with E-state index in [9.17, 15) is 0 Å². The fourth-order valence-corrected chi connectivity index (χ4v) is 1.98. The molecule has 0 radical (unpaired) electrons. The largest absolute Gasteiger partial charge is 0.396 e. The topological polar surface area (TPSA) is 45.2 Å². The van der Waals surface area contributed by atoms with Gasteiger partial charge in [-0.2, -0.15) is 11.8 Å². The minimum Gasteiger partial charge on any atom is -0.396 e. The van der Waals surface area contributed by atoms with Crippen LogP contribution in [-0.4, -0.2) is 34.7 Å². The highest BCUT2D eigenvalue weighted by Crippen LogP contribution is 2.11. The van der Waals surface area contributed by atoms with Crippen molar-refractivity contribution in [2.24, 2.45) is 0 Å². The van der Waals surface area contributed by atoms with Crippen molar-refractivity contribution in [3.8, 4) is 0 Å². The van der Waals surface area contributed by atoms with Crippen LogP contribution in [0.3, 0.4) is 0 Å². The van der Waals surface area contributed by atoms with Crippen LogP contribution < -0.4 is 5.32 Å². The molecule has 1 rings (SSSR count). The van der Waals surface area contributed by atoms with E-state index in [-0.39, 0.29) is 0 Å². The normalized spacial score (nSPS) is 10.3. The number of aryl methyl sites for hydroxylation is 1. The van der Waals surface area contributed by atoms with Crippen molar-refractivity contribution >= 4 is 17.4 Å². The van der Waals surface area contributed by atoms with E-state index in [1.54, 1.807) is 6.20 Å². The smallest absolute Gasteiger partial charge is 0.0438 e. The van der Waals surface area contributed by atoms with E-state index in [0.29, 0.717) is 6.61 Å². The average Bonchev–Trinajstić information content (AvgIpc) is 2.25. The second kappa shape index (κ2) is 7.54. The number of thioether (sulfide) groups is 1. The van der Waals surface area contributed by atoms with Gasteiger partial charge in [-0.25, -0.2) is 0 Å². The zero-order valence-electron chi connectivity index (χ0n) is 9.07. The number of hydrogen-bond donors (Lipinski definition) is 2. The standard InChI is InChI=1S/C11H18N2OS/c1-10-9-12-4-3-11(10)13-5-8-15-7-2-6-14/h3-4,9,14H,2,5-8H2,1H3,(H,12,13). The molecule has 1 aromatic heterocycles. The van der Waals surface area contributed by atoms with Crippen molar-refractivity contribution in [2.45, 2.75) is 13.3 Å². The summed E-state index contributed by atoms with van der Waals surface area (Å²) in [7, 11) is 0. The lowest BCUT2D eigenvalue weighted by Gasteiger charge is -2.08. The maximum atomic E-state index is 8.60. The fraction of sp³-hybridized carbons (Fsp3) is 0.545. The maximum absolute atomic E-state index is 8.60. The van der Waals surface area contributed by atoms with Gasteiger partial charge in [0.25, 0.3) is 0 Å². The average molecular weight is 226 g/mol. The first-order chi connectivity index (χ1) is 7.34. The quantitative estimate of drug-likeness (QED) is 0.697. The molecule has 0 fully saturated rings. The van der Waals surface area contributed by atoms with E-state index in [1.165, 1.54) is 5.56 Å². The van der Waals surface area contributed by atoms with Gasteiger partial charge in [-0.1, -0.05) is 0 Å². The van der Waals surface area contributed by atoms with Crippen LogP contribution in [0.5, 0.6) is 0 Å². The molecule has 0 atom stereocenters. The molecule has 2 N–H and O–H groups in total. The third kappa shape index (κ3) is 5.04. The summed E-state index contributed by atoms with van der Waals surface area (Å²) in [4.78, 5) is 4.04. The number of aliphatic hydroxyl groups excluding tert-OH is 1. The molecule has 1 aromatic rings. The van der Waals surface area contributed by atoms with Crippen LogP contribution >= 0.6 is 11.8 Å². The number of aliphatic hydroxyl groups is 1. The molecule has 4 heteroatoms. The minimum atomic E-state index is 0.296. The van der Waals surface area contributed by atoms with E-state index in [2.05, 4.69) is 10.3 Å². The van der Waals surface area contributed by atoms with Gasteiger partial charge < -0.3 is 10.4 Å². The number of hydrogen-bond acceptors (Lipinski definition) is 4. The van der Waals surface area contributed by atoms with Gasteiger partial charge in [0.15, 0.2) is 0 Å². The molecular formula is C11H18N2OS. The Morgan fingerprint density at radius 3 is 3.07 bits per heavy atom. The van der Waals surface area contributed by atoms with E-state index in [4.69, 9.17) is 5.11 Å². The Balaban J connectivity index is 2.12. The summed E-state index contributed by atoms with van der Waals surface area (Å²) >= 11 is 1.86. The Bertz CT molecular complexity index is 281. The van der Waals surface area contributed by atoms with Crippen LogP contribution in [-0.2, 0) is 0 Å². The SMILES string of the molecule is Cc1cnccc1NCCSCCCO. The molecule has 1 heterocycles. The van der Waals surface area contributed by atoms with Crippen LogP contribution in [0, 0.1) is 6.92 Å². The maximum Gasteiger partial charge on any atom is 0.0438 e. The van der Waals surface area contributed by atoms with Gasteiger partial charge >= 0.3 is 0 Å². The van der Waals surface area contributed by atoms with Gasteiger partial charge in [-0.3, -0.25) is 4.98 Å². The third-order valence-corrected chi connectivity index (χ3v) is 3.10. The summed E-state index contributed by atoms with van der Waals surface area (Å²) in [6, 6.07) is 1.99. The molecule has 0 aliphatic carbocycles. The Hall–Kier alpha value is -0.740. The molecule has 0 bridgehead atoms. The Labute approximate surface area is 95.3 Å². The molecule has 84 valence electrons. The second-order valence-electron chi connectivity index (χ2n) is 3.31. The summed E-state index contributed by atoms with van der Waals surface area (Å²) in [6.45, 7) is 3.30. The Morgan fingerprint density at radius 2 is 2.33 bits per heavy atom. The molecule has 0 aliphatic rings. The molecule has 0 saturated heterocycles. The Kier molecular flexibility index (Phi) is 6.20.